The molecule has 0 unspecified atom stereocenters. The van der Waals surface area contributed by atoms with Crippen LogP contribution < -0.4 is 14.4 Å². The lowest BCUT2D eigenvalue weighted by molar-refractivity contribution is -0.0731. The van der Waals surface area contributed by atoms with E-state index in [2.05, 4.69) is 9.88 Å². The normalized spacial score (nSPS) is 11.3. The van der Waals surface area contributed by atoms with Gasteiger partial charge in [0.25, 0.3) is 0 Å². The molecule has 0 bridgehead atoms. The highest BCUT2D eigenvalue weighted by Crippen LogP contribution is 2.32. The molecule has 0 N–H and O–H groups in total. The van der Waals surface area contributed by atoms with E-state index in [1.165, 1.54) is 13.2 Å². The van der Waals surface area contributed by atoms with Crippen LogP contribution in [0.3, 0.4) is 0 Å². The summed E-state index contributed by atoms with van der Waals surface area (Å²) >= 11 is 0. The molecule has 0 aliphatic rings. The third kappa shape index (κ3) is 6.42. The van der Waals surface area contributed by atoms with Gasteiger partial charge in [-0.15, -0.1) is 0 Å². The van der Waals surface area contributed by atoms with Crippen molar-refractivity contribution in [2.24, 2.45) is 0 Å². The molecular formula is C26H30F2N2O3. The molecule has 33 heavy (non-hydrogen) atoms. The van der Waals surface area contributed by atoms with Crippen LogP contribution in [0.5, 0.6) is 11.5 Å². The van der Waals surface area contributed by atoms with Crippen LogP contribution in [0.4, 0.5) is 14.5 Å². The van der Waals surface area contributed by atoms with Gasteiger partial charge in [0.05, 0.1) is 14.2 Å². The fourth-order valence-electron chi connectivity index (χ4n) is 3.52. The Kier molecular flexibility index (Phi) is 8.22. The Bertz CT molecular complexity index is 975. The van der Waals surface area contributed by atoms with E-state index in [4.69, 9.17) is 14.2 Å². The number of methoxy groups -OCH3 is 3. The molecule has 0 spiro atoms. The molecule has 5 nitrogen and oxygen atoms in total. The summed E-state index contributed by atoms with van der Waals surface area (Å²) in [5.74, 6) is -1.65. The number of aryl methyl sites for hydroxylation is 1. The average molecular weight is 457 g/mol. The molecule has 0 amide bonds. The Labute approximate surface area is 193 Å². The maximum atomic E-state index is 14.7. The first-order valence-corrected chi connectivity index (χ1v) is 10.8. The number of nitrogens with zero attached hydrogens (tertiary/aromatic N) is 2. The first-order chi connectivity index (χ1) is 15.9. The molecule has 0 radical (unpaired) electrons. The van der Waals surface area contributed by atoms with Gasteiger partial charge in [0.2, 0.25) is 0 Å². The topological polar surface area (TPSA) is 43.8 Å². The number of pyridine rings is 1. The number of hydrogen-bond acceptors (Lipinski definition) is 5. The Hall–Kier alpha value is -3.19. The lowest BCUT2D eigenvalue weighted by Crippen LogP contribution is -2.26. The Balaban J connectivity index is 2.00. The molecule has 1 heterocycles. The third-order valence-electron chi connectivity index (χ3n) is 5.36. The minimum absolute atomic E-state index is 0.284. The van der Waals surface area contributed by atoms with E-state index < -0.39 is 12.5 Å². The number of ether oxygens (including phenoxy) is 3. The van der Waals surface area contributed by atoms with Crippen molar-refractivity contribution in [2.75, 3.05) is 32.8 Å². The zero-order valence-electron chi connectivity index (χ0n) is 19.5. The summed E-state index contributed by atoms with van der Waals surface area (Å²) in [7, 11) is 4.50. The second-order valence-electron chi connectivity index (χ2n) is 7.75. The Morgan fingerprint density at radius 3 is 1.76 bits per heavy atom. The first-order valence-electron chi connectivity index (χ1n) is 10.8. The number of halogens is 2. The van der Waals surface area contributed by atoms with Crippen LogP contribution in [0.2, 0.25) is 0 Å². The van der Waals surface area contributed by atoms with Crippen LogP contribution in [-0.2, 0) is 30.2 Å². The zero-order valence-corrected chi connectivity index (χ0v) is 19.5. The van der Waals surface area contributed by atoms with Crippen molar-refractivity contribution in [1.29, 1.82) is 0 Å². The second-order valence-corrected chi connectivity index (χ2v) is 7.75. The summed E-state index contributed by atoms with van der Waals surface area (Å²) in [5, 5.41) is 0. The SMILES string of the molecule is CCc1cc(N(Cc2ccc(OC)cc2)Cc2ccc(OC)cc2)cc(C(F)(F)COC)n1. The van der Waals surface area contributed by atoms with Crippen molar-refractivity contribution in [2.45, 2.75) is 32.4 Å². The number of hydrogen-bond donors (Lipinski definition) is 0. The van der Waals surface area contributed by atoms with E-state index in [0.717, 1.165) is 22.6 Å². The molecule has 0 fully saturated rings. The fourth-order valence-corrected chi connectivity index (χ4v) is 3.52. The van der Waals surface area contributed by atoms with E-state index >= 15 is 0 Å². The highest BCUT2D eigenvalue weighted by atomic mass is 19.3. The summed E-state index contributed by atoms with van der Waals surface area (Å²) in [4.78, 5) is 6.26. The number of alkyl halides is 2. The second kappa shape index (κ2) is 11.1. The predicted molar refractivity (Wildman–Crippen MR) is 125 cm³/mol. The molecule has 176 valence electrons. The molecule has 7 heteroatoms. The van der Waals surface area contributed by atoms with Crippen molar-refractivity contribution in [1.82, 2.24) is 4.98 Å². The summed E-state index contributed by atoms with van der Waals surface area (Å²) in [6.07, 6.45) is 0.544. The number of anilines is 1. The van der Waals surface area contributed by atoms with Gasteiger partial charge in [-0.3, -0.25) is 4.98 Å². The molecule has 0 atom stereocenters. The van der Waals surface area contributed by atoms with Gasteiger partial charge in [-0.05, 0) is 53.9 Å². The van der Waals surface area contributed by atoms with Crippen molar-refractivity contribution in [3.63, 3.8) is 0 Å². The molecule has 0 aliphatic carbocycles. The van der Waals surface area contributed by atoms with Crippen molar-refractivity contribution in [3.05, 3.63) is 83.2 Å². The maximum Gasteiger partial charge on any atom is 0.312 e. The number of rotatable bonds is 11. The Morgan fingerprint density at radius 1 is 0.818 bits per heavy atom. The van der Waals surface area contributed by atoms with Crippen molar-refractivity contribution >= 4 is 5.69 Å². The van der Waals surface area contributed by atoms with Crippen molar-refractivity contribution in [3.8, 4) is 11.5 Å². The van der Waals surface area contributed by atoms with Crippen molar-refractivity contribution < 1.29 is 23.0 Å². The van der Waals surface area contributed by atoms with Gasteiger partial charge >= 0.3 is 5.92 Å². The monoisotopic (exact) mass is 456 g/mol. The van der Waals surface area contributed by atoms with Gasteiger partial charge in [-0.2, -0.15) is 8.78 Å². The standard InChI is InChI=1S/C26H30F2N2O3/c1-5-21-14-22(15-25(29-21)26(27,28)18-31-2)30(16-19-6-10-23(32-3)11-7-19)17-20-8-12-24(33-4)13-9-20/h6-15H,5,16-18H2,1-4H3. The lowest BCUT2D eigenvalue weighted by Gasteiger charge is -2.27. The van der Waals surface area contributed by atoms with E-state index in [9.17, 15) is 8.78 Å². The van der Waals surface area contributed by atoms with Crippen LogP contribution in [-0.4, -0.2) is 32.9 Å². The highest BCUT2D eigenvalue weighted by Gasteiger charge is 2.34. The average Bonchev–Trinajstić information content (AvgIpc) is 2.84. The van der Waals surface area contributed by atoms with Gasteiger partial charge < -0.3 is 19.1 Å². The first kappa shape index (κ1) is 24.5. The minimum Gasteiger partial charge on any atom is -0.497 e. The van der Waals surface area contributed by atoms with Gasteiger partial charge in [-0.25, -0.2) is 0 Å². The third-order valence-corrected chi connectivity index (χ3v) is 5.36. The van der Waals surface area contributed by atoms with Gasteiger partial charge in [0, 0.05) is 31.6 Å². The molecule has 0 aliphatic heterocycles. The minimum atomic E-state index is -3.18. The molecule has 0 saturated heterocycles. The molecule has 1 aromatic heterocycles. The summed E-state index contributed by atoms with van der Waals surface area (Å²) in [6, 6.07) is 18.8. The number of aromatic nitrogens is 1. The molecule has 3 aromatic rings. The van der Waals surface area contributed by atoms with Crippen LogP contribution in [0.15, 0.2) is 60.7 Å². The molecule has 2 aromatic carbocycles. The zero-order chi connectivity index (χ0) is 23.8. The van der Waals surface area contributed by atoms with Crippen LogP contribution >= 0.6 is 0 Å². The van der Waals surface area contributed by atoms with E-state index in [0.29, 0.717) is 30.9 Å². The van der Waals surface area contributed by atoms with Crippen LogP contribution in [0.1, 0.15) is 29.4 Å². The summed E-state index contributed by atoms with van der Waals surface area (Å²) in [6.45, 7) is 2.24. The highest BCUT2D eigenvalue weighted by molar-refractivity contribution is 5.51. The van der Waals surface area contributed by atoms with Crippen LogP contribution in [0.25, 0.3) is 0 Å². The van der Waals surface area contributed by atoms with E-state index in [-0.39, 0.29) is 5.69 Å². The van der Waals surface area contributed by atoms with Gasteiger partial charge in [0.1, 0.15) is 23.8 Å². The van der Waals surface area contributed by atoms with E-state index in [1.807, 2.05) is 61.5 Å². The largest absolute Gasteiger partial charge is 0.497 e. The Morgan fingerprint density at radius 2 is 1.33 bits per heavy atom. The fraction of sp³-hybridized carbons (Fsp3) is 0.346. The predicted octanol–water partition coefficient (Wildman–Crippen LogP) is 5.61. The summed E-state index contributed by atoms with van der Waals surface area (Å²) in [5.41, 5.74) is 3.06. The van der Waals surface area contributed by atoms with E-state index in [1.54, 1.807) is 14.2 Å². The number of benzene rings is 2. The quantitative estimate of drug-likeness (QED) is 0.375. The molecule has 0 saturated carbocycles. The maximum absolute atomic E-state index is 14.7. The van der Waals surface area contributed by atoms with Crippen LogP contribution in [0, 0.1) is 0 Å². The molecular weight excluding hydrogens is 426 g/mol. The lowest BCUT2D eigenvalue weighted by atomic mass is 10.1. The smallest absolute Gasteiger partial charge is 0.312 e. The van der Waals surface area contributed by atoms with Gasteiger partial charge in [-0.1, -0.05) is 31.2 Å². The molecule has 3 rings (SSSR count). The summed E-state index contributed by atoms with van der Waals surface area (Å²) < 4.78 is 44.7. The van der Waals surface area contributed by atoms with Gasteiger partial charge in [0.15, 0.2) is 0 Å².